The lowest BCUT2D eigenvalue weighted by atomic mass is 10.1. The Morgan fingerprint density at radius 3 is 2.44 bits per heavy atom. The van der Waals surface area contributed by atoms with Crippen molar-refractivity contribution in [2.45, 2.75) is 5.92 Å². The van der Waals surface area contributed by atoms with Crippen molar-refractivity contribution in [2.75, 3.05) is 19.0 Å². The molecule has 0 N–H and O–H groups in total. The molecule has 0 unspecified atom stereocenters. The lowest BCUT2D eigenvalue weighted by Gasteiger charge is -2.13. The van der Waals surface area contributed by atoms with Crippen LogP contribution in [0.1, 0.15) is 11.6 Å². The van der Waals surface area contributed by atoms with E-state index >= 15 is 0 Å². The smallest absolute Gasteiger partial charge is 0.0726 e. The number of hydrogen-bond acceptors (Lipinski definition) is 2. The van der Waals surface area contributed by atoms with Gasteiger partial charge < -0.3 is 4.90 Å². The number of fused-ring (bicyclic) bond motifs is 1. The molecule has 0 atom stereocenters. The van der Waals surface area contributed by atoms with Crippen LogP contribution >= 0.6 is 0 Å². The Kier molecular flexibility index (Phi) is 2.63. The second-order valence-corrected chi connectivity index (χ2v) is 4.80. The standard InChI is InChI=1S/C16H16N2/c1-18(2)14-9-7-13-8-10-15(17-16(13)11-14)12-5-3-4-6-12/h3-12H,1-2H3. The van der Waals surface area contributed by atoms with Crippen molar-refractivity contribution in [1.29, 1.82) is 0 Å². The van der Waals surface area contributed by atoms with Crippen LogP contribution in [0.2, 0.25) is 0 Å². The molecule has 90 valence electrons. The molecular formula is C16H16N2. The van der Waals surface area contributed by atoms with E-state index in [-0.39, 0.29) is 0 Å². The summed E-state index contributed by atoms with van der Waals surface area (Å²) in [5.41, 5.74) is 3.36. The molecule has 2 heteroatoms. The molecule has 1 aromatic carbocycles. The monoisotopic (exact) mass is 236 g/mol. The Labute approximate surface area is 107 Å². The van der Waals surface area contributed by atoms with Crippen LogP contribution in [0, 0.1) is 0 Å². The molecule has 0 saturated heterocycles. The van der Waals surface area contributed by atoms with Gasteiger partial charge in [-0.2, -0.15) is 0 Å². The summed E-state index contributed by atoms with van der Waals surface area (Å²) in [6, 6.07) is 10.7. The summed E-state index contributed by atoms with van der Waals surface area (Å²) >= 11 is 0. The number of allylic oxidation sites excluding steroid dienone is 4. The highest BCUT2D eigenvalue weighted by Crippen LogP contribution is 2.25. The third-order valence-corrected chi connectivity index (χ3v) is 3.30. The summed E-state index contributed by atoms with van der Waals surface area (Å²) in [7, 11) is 4.10. The molecule has 1 heterocycles. The maximum Gasteiger partial charge on any atom is 0.0726 e. The van der Waals surface area contributed by atoms with E-state index in [9.17, 15) is 0 Å². The predicted octanol–water partition coefficient (Wildman–Crippen LogP) is 3.51. The maximum absolute atomic E-state index is 4.77. The Bertz CT molecular complexity index is 627. The molecule has 1 aromatic heterocycles. The van der Waals surface area contributed by atoms with Gasteiger partial charge in [-0.3, -0.25) is 4.98 Å². The van der Waals surface area contributed by atoms with E-state index in [2.05, 4.69) is 59.5 Å². The second-order valence-electron chi connectivity index (χ2n) is 4.80. The molecule has 3 rings (SSSR count). The summed E-state index contributed by atoms with van der Waals surface area (Å²) in [6.07, 6.45) is 8.49. The zero-order valence-corrected chi connectivity index (χ0v) is 10.7. The molecule has 18 heavy (non-hydrogen) atoms. The molecule has 0 saturated carbocycles. The number of aromatic nitrogens is 1. The number of anilines is 1. The molecule has 2 aromatic rings. The fraction of sp³-hybridized carbons (Fsp3) is 0.188. The lowest BCUT2D eigenvalue weighted by Crippen LogP contribution is -2.08. The summed E-state index contributed by atoms with van der Waals surface area (Å²) in [5, 5.41) is 1.19. The van der Waals surface area contributed by atoms with Crippen molar-refractivity contribution in [3.63, 3.8) is 0 Å². The molecule has 0 bridgehead atoms. The Balaban J connectivity index is 2.09. The van der Waals surface area contributed by atoms with Crippen LogP contribution in [0.3, 0.4) is 0 Å². The summed E-state index contributed by atoms with van der Waals surface area (Å²) in [4.78, 5) is 6.87. The van der Waals surface area contributed by atoms with Gasteiger partial charge in [0.05, 0.1) is 11.2 Å². The van der Waals surface area contributed by atoms with Crippen molar-refractivity contribution >= 4 is 16.6 Å². The molecule has 0 spiro atoms. The van der Waals surface area contributed by atoms with E-state index in [0.29, 0.717) is 5.92 Å². The van der Waals surface area contributed by atoms with Gasteiger partial charge in [0.2, 0.25) is 0 Å². The van der Waals surface area contributed by atoms with E-state index in [1.807, 2.05) is 14.1 Å². The molecule has 0 amide bonds. The van der Waals surface area contributed by atoms with Crippen molar-refractivity contribution in [2.24, 2.45) is 0 Å². The van der Waals surface area contributed by atoms with Crippen LogP contribution in [0.4, 0.5) is 5.69 Å². The maximum atomic E-state index is 4.77. The zero-order chi connectivity index (χ0) is 12.5. The van der Waals surface area contributed by atoms with Gasteiger partial charge >= 0.3 is 0 Å². The van der Waals surface area contributed by atoms with Crippen molar-refractivity contribution in [3.05, 3.63) is 60.3 Å². The van der Waals surface area contributed by atoms with Crippen molar-refractivity contribution in [3.8, 4) is 0 Å². The quantitative estimate of drug-likeness (QED) is 0.793. The normalized spacial score (nSPS) is 14.6. The predicted molar refractivity (Wildman–Crippen MR) is 77.1 cm³/mol. The van der Waals surface area contributed by atoms with Crippen molar-refractivity contribution in [1.82, 2.24) is 4.98 Å². The van der Waals surface area contributed by atoms with E-state index in [1.165, 1.54) is 11.1 Å². The first-order valence-electron chi connectivity index (χ1n) is 6.17. The Morgan fingerprint density at radius 2 is 1.72 bits per heavy atom. The van der Waals surface area contributed by atoms with Gasteiger partial charge in [-0.15, -0.1) is 0 Å². The minimum atomic E-state index is 0.331. The molecule has 0 fully saturated rings. The van der Waals surface area contributed by atoms with E-state index in [4.69, 9.17) is 4.98 Å². The van der Waals surface area contributed by atoms with Gasteiger partial charge in [-0.1, -0.05) is 36.4 Å². The zero-order valence-electron chi connectivity index (χ0n) is 10.7. The number of rotatable bonds is 2. The molecule has 1 aliphatic carbocycles. The van der Waals surface area contributed by atoms with E-state index in [0.717, 1.165) is 11.2 Å². The van der Waals surface area contributed by atoms with Crippen LogP contribution in [0.15, 0.2) is 54.6 Å². The van der Waals surface area contributed by atoms with Crippen LogP contribution < -0.4 is 4.90 Å². The fourth-order valence-corrected chi connectivity index (χ4v) is 2.21. The molecule has 1 aliphatic rings. The first-order valence-corrected chi connectivity index (χ1v) is 6.17. The molecule has 2 nitrogen and oxygen atoms in total. The SMILES string of the molecule is CN(C)c1ccc2ccc(C3C=CC=C3)nc2c1. The van der Waals surface area contributed by atoms with Gasteiger partial charge in [-0.05, 0) is 18.2 Å². The molecular weight excluding hydrogens is 220 g/mol. The largest absolute Gasteiger partial charge is 0.378 e. The van der Waals surface area contributed by atoms with E-state index < -0.39 is 0 Å². The van der Waals surface area contributed by atoms with Crippen molar-refractivity contribution < 1.29 is 0 Å². The Morgan fingerprint density at radius 1 is 1.00 bits per heavy atom. The van der Waals surface area contributed by atoms with Crippen LogP contribution in [0.25, 0.3) is 10.9 Å². The first-order chi connectivity index (χ1) is 8.74. The topological polar surface area (TPSA) is 16.1 Å². The summed E-state index contributed by atoms with van der Waals surface area (Å²) < 4.78 is 0. The molecule has 0 aliphatic heterocycles. The van der Waals surface area contributed by atoms with Gasteiger partial charge in [-0.25, -0.2) is 0 Å². The van der Waals surface area contributed by atoms with Crippen LogP contribution in [-0.4, -0.2) is 19.1 Å². The van der Waals surface area contributed by atoms with E-state index in [1.54, 1.807) is 0 Å². The van der Waals surface area contributed by atoms with Gasteiger partial charge in [0.1, 0.15) is 0 Å². The third-order valence-electron chi connectivity index (χ3n) is 3.30. The van der Waals surface area contributed by atoms with Crippen LogP contribution in [-0.2, 0) is 0 Å². The third kappa shape index (κ3) is 1.90. The van der Waals surface area contributed by atoms with Gasteiger partial charge in [0, 0.05) is 31.1 Å². The van der Waals surface area contributed by atoms with Gasteiger partial charge in [0.25, 0.3) is 0 Å². The summed E-state index contributed by atoms with van der Waals surface area (Å²) in [5.74, 6) is 0.331. The minimum absolute atomic E-state index is 0.331. The number of benzene rings is 1. The van der Waals surface area contributed by atoms with Gasteiger partial charge in [0.15, 0.2) is 0 Å². The number of hydrogen-bond donors (Lipinski definition) is 0. The summed E-state index contributed by atoms with van der Waals surface area (Å²) in [6.45, 7) is 0. The highest BCUT2D eigenvalue weighted by atomic mass is 15.1. The number of nitrogens with zero attached hydrogens (tertiary/aromatic N) is 2. The van der Waals surface area contributed by atoms with Crippen LogP contribution in [0.5, 0.6) is 0 Å². The highest BCUT2D eigenvalue weighted by Gasteiger charge is 2.09. The highest BCUT2D eigenvalue weighted by molar-refractivity contribution is 5.82. The molecule has 0 radical (unpaired) electrons. The number of pyridine rings is 1. The second kappa shape index (κ2) is 4.30. The average molecular weight is 236 g/mol. The fourth-order valence-electron chi connectivity index (χ4n) is 2.21. The minimum Gasteiger partial charge on any atom is -0.378 e. The lowest BCUT2D eigenvalue weighted by molar-refractivity contribution is 1.02. The average Bonchev–Trinajstić information content (AvgIpc) is 2.91. The Hall–Kier alpha value is -2.09. The first kappa shape index (κ1) is 11.0.